The Labute approximate surface area is 200 Å². The van der Waals surface area contributed by atoms with Crippen LogP contribution in [0.15, 0.2) is 60.7 Å². The molecule has 2 rings (SSSR count). The van der Waals surface area contributed by atoms with Crippen molar-refractivity contribution in [2.75, 3.05) is 0 Å². The van der Waals surface area contributed by atoms with Crippen LogP contribution in [0.3, 0.4) is 0 Å². The van der Waals surface area contributed by atoms with E-state index in [-0.39, 0.29) is 18.8 Å². The summed E-state index contributed by atoms with van der Waals surface area (Å²) in [7, 11) is 0. The summed E-state index contributed by atoms with van der Waals surface area (Å²) < 4.78 is 0. The van der Waals surface area contributed by atoms with Crippen molar-refractivity contribution in [1.82, 2.24) is 4.90 Å². The summed E-state index contributed by atoms with van der Waals surface area (Å²) in [5.74, 6) is -3.84. The average molecular weight is 470 g/mol. The molecular weight excluding hydrogens is 434 g/mol. The van der Waals surface area contributed by atoms with Crippen LogP contribution in [0.5, 0.6) is 0 Å². The Kier molecular flexibility index (Phi) is 9.92. The molecule has 5 atom stereocenters. The zero-order valence-electron chi connectivity index (χ0n) is 19.9. The predicted molar refractivity (Wildman–Crippen MR) is 130 cm³/mol. The van der Waals surface area contributed by atoms with Gasteiger partial charge < -0.3 is 21.7 Å². The first kappa shape index (κ1) is 27.2. The fourth-order valence-electron chi connectivity index (χ4n) is 4.07. The lowest BCUT2D eigenvalue weighted by molar-refractivity contribution is -0.159. The van der Waals surface area contributed by atoms with Gasteiger partial charge >= 0.3 is 5.97 Å². The number of hydrogen-bond donors (Lipinski definition) is 4. The maximum atomic E-state index is 13.9. The molecule has 0 heterocycles. The first-order chi connectivity index (χ1) is 16.0. The molecule has 0 aromatic heterocycles. The van der Waals surface area contributed by atoms with Crippen LogP contribution < -0.4 is 11.5 Å². The number of carboxylic acids is 1. The maximum absolute atomic E-state index is 13.9. The van der Waals surface area contributed by atoms with Crippen LogP contribution in [-0.2, 0) is 20.8 Å². The molecule has 8 nitrogen and oxygen atoms in total. The predicted octanol–water partition coefficient (Wildman–Crippen LogP) is 1.90. The summed E-state index contributed by atoms with van der Waals surface area (Å²) >= 11 is 0. The number of amides is 2. The molecule has 2 aromatic rings. The van der Waals surface area contributed by atoms with Crippen molar-refractivity contribution < 1.29 is 24.6 Å². The largest absolute Gasteiger partial charge is 0.479 e. The molecule has 2 amide bonds. The smallest absolute Gasteiger partial charge is 0.334 e. The molecule has 184 valence electrons. The highest BCUT2D eigenvalue weighted by Crippen LogP contribution is 2.26. The normalized spacial score (nSPS) is 15.7. The van der Waals surface area contributed by atoms with Gasteiger partial charge in [-0.3, -0.25) is 14.5 Å². The van der Waals surface area contributed by atoms with Gasteiger partial charge in [-0.15, -0.1) is 0 Å². The summed E-state index contributed by atoms with van der Waals surface area (Å²) in [6.45, 7) is 5.43. The molecule has 34 heavy (non-hydrogen) atoms. The second-order valence-corrected chi connectivity index (χ2v) is 9.07. The summed E-state index contributed by atoms with van der Waals surface area (Å²) in [5.41, 5.74) is 13.6. The SMILES string of the molecule is CC(C)C[C@H](N)C(=O)N(C(=O)C(c1ccccc1)[C@@H](C)N)[C@H](Cc1ccccc1)[C@H](O)C(=O)O. The van der Waals surface area contributed by atoms with Gasteiger partial charge in [-0.25, -0.2) is 4.79 Å². The van der Waals surface area contributed by atoms with E-state index in [2.05, 4.69) is 0 Å². The van der Waals surface area contributed by atoms with E-state index in [9.17, 15) is 24.6 Å². The van der Waals surface area contributed by atoms with Crippen molar-refractivity contribution in [3.05, 3.63) is 71.8 Å². The van der Waals surface area contributed by atoms with Gasteiger partial charge in [0.15, 0.2) is 6.10 Å². The Bertz CT molecular complexity index is 949. The van der Waals surface area contributed by atoms with Gasteiger partial charge in [0.05, 0.1) is 18.0 Å². The molecule has 6 N–H and O–H groups in total. The van der Waals surface area contributed by atoms with E-state index in [4.69, 9.17) is 11.5 Å². The van der Waals surface area contributed by atoms with Gasteiger partial charge in [0.1, 0.15) is 0 Å². The highest BCUT2D eigenvalue weighted by atomic mass is 16.4. The Hall–Kier alpha value is -3.07. The third-order valence-corrected chi connectivity index (χ3v) is 5.70. The number of aliphatic carboxylic acids is 1. The van der Waals surface area contributed by atoms with Crippen molar-refractivity contribution >= 4 is 17.8 Å². The molecule has 2 aromatic carbocycles. The fourth-order valence-corrected chi connectivity index (χ4v) is 4.07. The number of carboxylic acid groups (broad SMARTS) is 1. The molecule has 1 unspecified atom stereocenters. The molecule has 0 fully saturated rings. The van der Waals surface area contributed by atoms with Gasteiger partial charge in [0.2, 0.25) is 11.8 Å². The monoisotopic (exact) mass is 469 g/mol. The van der Waals surface area contributed by atoms with E-state index in [0.717, 1.165) is 4.90 Å². The summed E-state index contributed by atoms with van der Waals surface area (Å²) in [6.07, 6.45) is -1.78. The van der Waals surface area contributed by atoms with E-state index >= 15 is 0 Å². The van der Waals surface area contributed by atoms with Crippen LogP contribution in [0, 0.1) is 5.92 Å². The zero-order valence-corrected chi connectivity index (χ0v) is 19.9. The highest BCUT2D eigenvalue weighted by Gasteiger charge is 2.43. The number of nitrogens with zero attached hydrogens (tertiary/aromatic N) is 1. The molecule has 8 heteroatoms. The molecule has 0 aliphatic carbocycles. The number of carbonyl (C=O) groups is 3. The second-order valence-electron chi connectivity index (χ2n) is 9.07. The van der Waals surface area contributed by atoms with Gasteiger partial charge in [-0.1, -0.05) is 74.5 Å². The summed E-state index contributed by atoms with van der Waals surface area (Å²) in [6, 6.07) is 14.4. The number of aliphatic hydroxyl groups excluding tert-OH is 1. The van der Waals surface area contributed by atoms with Crippen LogP contribution in [0.25, 0.3) is 0 Å². The molecule has 0 aliphatic heterocycles. The molecule has 0 bridgehead atoms. The molecule has 0 radical (unpaired) electrons. The average Bonchev–Trinajstić information content (AvgIpc) is 2.78. The Morgan fingerprint density at radius 3 is 1.88 bits per heavy atom. The lowest BCUT2D eigenvalue weighted by atomic mass is 9.89. The molecular formula is C26H35N3O5. The van der Waals surface area contributed by atoms with Crippen molar-refractivity contribution in [3.8, 4) is 0 Å². The van der Waals surface area contributed by atoms with Crippen LogP contribution in [0.4, 0.5) is 0 Å². The number of aliphatic hydroxyl groups is 1. The van der Waals surface area contributed by atoms with E-state index in [1.807, 2.05) is 13.8 Å². The van der Waals surface area contributed by atoms with Crippen LogP contribution in [0.2, 0.25) is 0 Å². The molecule has 0 saturated heterocycles. The van der Waals surface area contributed by atoms with Crippen LogP contribution in [-0.4, -0.2) is 57.1 Å². The first-order valence-electron chi connectivity index (χ1n) is 11.4. The van der Waals surface area contributed by atoms with Crippen molar-refractivity contribution in [1.29, 1.82) is 0 Å². The van der Waals surface area contributed by atoms with Crippen molar-refractivity contribution in [3.63, 3.8) is 0 Å². The van der Waals surface area contributed by atoms with Gasteiger partial charge in [0, 0.05) is 6.04 Å². The third-order valence-electron chi connectivity index (χ3n) is 5.70. The number of benzene rings is 2. The van der Waals surface area contributed by atoms with Crippen LogP contribution in [0.1, 0.15) is 44.2 Å². The Morgan fingerprint density at radius 2 is 1.41 bits per heavy atom. The van der Waals surface area contributed by atoms with Crippen molar-refractivity contribution in [2.45, 2.75) is 63.8 Å². The molecule has 0 spiro atoms. The Balaban J connectivity index is 2.61. The van der Waals surface area contributed by atoms with Crippen molar-refractivity contribution in [2.24, 2.45) is 17.4 Å². The van der Waals surface area contributed by atoms with Gasteiger partial charge in [0.25, 0.3) is 0 Å². The highest BCUT2D eigenvalue weighted by molar-refractivity contribution is 6.01. The minimum absolute atomic E-state index is 0.0549. The Morgan fingerprint density at radius 1 is 0.882 bits per heavy atom. The fraction of sp³-hybridized carbons (Fsp3) is 0.423. The molecule has 0 saturated carbocycles. The minimum Gasteiger partial charge on any atom is -0.479 e. The maximum Gasteiger partial charge on any atom is 0.334 e. The lowest BCUT2D eigenvalue weighted by Crippen LogP contribution is -2.59. The second kappa shape index (κ2) is 12.4. The topological polar surface area (TPSA) is 147 Å². The number of nitrogens with two attached hydrogens (primary N) is 2. The summed E-state index contributed by atoms with van der Waals surface area (Å²) in [5, 5.41) is 20.3. The number of rotatable bonds is 11. The van der Waals surface area contributed by atoms with E-state index < -0.39 is 47.9 Å². The quantitative estimate of drug-likeness (QED) is 0.393. The molecule has 0 aliphatic rings. The third kappa shape index (κ3) is 6.96. The van der Waals surface area contributed by atoms with Crippen LogP contribution >= 0.6 is 0 Å². The number of imide groups is 1. The number of carbonyl (C=O) groups excluding carboxylic acids is 2. The van der Waals surface area contributed by atoms with Gasteiger partial charge in [-0.2, -0.15) is 0 Å². The summed E-state index contributed by atoms with van der Waals surface area (Å²) in [4.78, 5) is 40.2. The number of hydrogen-bond acceptors (Lipinski definition) is 6. The zero-order chi connectivity index (χ0) is 25.4. The van der Waals surface area contributed by atoms with E-state index in [1.54, 1.807) is 67.6 Å². The van der Waals surface area contributed by atoms with E-state index in [1.165, 1.54) is 0 Å². The minimum atomic E-state index is -2.01. The lowest BCUT2D eigenvalue weighted by Gasteiger charge is -2.37. The van der Waals surface area contributed by atoms with E-state index in [0.29, 0.717) is 11.1 Å². The first-order valence-corrected chi connectivity index (χ1v) is 11.4. The van der Waals surface area contributed by atoms with Gasteiger partial charge in [-0.05, 0) is 36.8 Å². The standard InChI is InChI=1S/C26H35N3O5/c1-16(2)14-20(28)24(31)29(25(32)22(17(3)27)19-12-8-5-9-13-19)21(23(30)26(33)34)15-18-10-6-4-7-11-18/h4-13,16-17,20-23,30H,14-15,27-28H2,1-3H3,(H,33,34)/t17-,20+,21-,22?,23+/m1/s1.